The van der Waals surface area contributed by atoms with Gasteiger partial charge in [-0.3, -0.25) is 4.98 Å². The Kier molecular flexibility index (Phi) is 2.52. The number of rotatable bonds is 1. The van der Waals surface area contributed by atoms with Gasteiger partial charge in [0.25, 0.3) is 0 Å². The predicted octanol–water partition coefficient (Wildman–Crippen LogP) is 1.91. The van der Waals surface area contributed by atoms with Crippen LogP contribution in [-0.2, 0) is 0 Å². The summed E-state index contributed by atoms with van der Waals surface area (Å²) < 4.78 is 0. The van der Waals surface area contributed by atoms with Crippen molar-refractivity contribution in [2.75, 3.05) is 5.73 Å². The normalized spacial score (nSPS) is 9.75. The molecule has 16 heavy (non-hydrogen) atoms. The fourth-order valence-electron chi connectivity index (χ4n) is 1.56. The maximum Gasteiger partial charge on any atom is 0.142 e. The molecule has 0 aliphatic carbocycles. The van der Waals surface area contributed by atoms with Gasteiger partial charge in [-0.15, -0.1) is 0 Å². The summed E-state index contributed by atoms with van der Waals surface area (Å²) in [6.07, 6.45) is 3.39. The van der Waals surface area contributed by atoms with Crippen molar-refractivity contribution in [3.05, 3.63) is 41.9 Å². The average Bonchev–Trinajstić information content (AvgIpc) is 2.29. The van der Waals surface area contributed by atoms with Crippen molar-refractivity contribution in [1.29, 1.82) is 5.26 Å². The fourth-order valence-corrected chi connectivity index (χ4v) is 1.56. The first-order valence-corrected chi connectivity index (χ1v) is 4.80. The third-order valence-electron chi connectivity index (χ3n) is 2.26. The number of hydrogen-bond acceptors (Lipinski definition) is 4. The van der Waals surface area contributed by atoms with Gasteiger partial charge in [-0.05, 0) is 19.1 Å². The summed E-state index contributed by atoms with van der Waals surface area (Å²) in [6.45, 7) is 1.84. The smallest absolute Gasteiger partial charge is 0.142 e. The van der Waals surface area contributed by atoms with Crippen molar-refractivity contribution in [3.8, 4) is 17.2 Å². The van der Waals surface area contributed by atoms with Crippen molar-refractivity contribution >= 4 is 5.82 Å². The molecule has 0 spiro atoms. The first-order valence-electron chi connectivity index (χ1n) is 4.80. The predicted molar refractivity (Wildman–Crippen MR) is 61.3 cm³/mol. The largest absolute Gasteiger partial charge is 0.383 e. The first kappa shape index (κ1) is 10.1. The minimum absolute atomic E-state index is 0.265. The molecular weight excluding hydrogens is 200 g/mol. The second-order valence-electron chi connectivity index (χ2n) is 3.42. The van der Waals surface area contributed by atoms with Crippen LogP contribution in [0.1, 0.15) is 11.3 Å². The van der Waals surface area contributed by atoms with Crippen LogP contribution in [0.2, 0.25) is 0 Å². The number of nitrogen functional groups attached to an aromatic ring is 1. The SMILES string of the molecule is Cc1cc(-c2cccnc2)c(C#N)c(N)n1. The number of anilines is 1. The van der Waals surface area contributed by atoms with E-state index in [0.717, 1.165) is 16.8 Å². The van der Waals surface area contributed by atoms with Gasteiger partial charge < -0.3 is 5.73 Å². The Morgan fingerprint density at radius 3 is 2.88 bits per heavy atom. The minimum atomic E-state index is 0.265. The van der Waals surface area contributed by atoms with Crippen molar-refractivity contribution in [2.45, 2.75) is 6.92 Å². The molecule has 2 rings (SSSR count). The van der Waals surface area contributed by atoms with E-state index in [2.05, 4.69) is 16.0 Å². The molecule has 2 aromatic rings. The summed E-state index contributed by atoms with van der Waals surface area (Å²) >= 11 is 0. The standard InChI is InChI=1S/C12H10N4/c1-8-5-10(9-3-2-4-15-7-9)11(6-13)12(14)16-8/h2-5,7H,1H3,(H2,14,16). The van der Waals surface area contributed by atoms with E-state index in [1.54, 1.807) is 12.4 Å². The van der Waals surface area contributed by atoms with Crippen LogP contribution in [0.4, 0.5) is 5.82 Å². The first-order chi connectivity index (χ1) is 7.72. The van der Waals surface area contributed by atoms with Crippen LogP contribution in [0.15, 0.2) is 30.6 Å². The average molecular weight is 210 g/mol. The van der Waals surface area contributed by atoms with Crippen LogP contribution in [-0.4, -0.2) is 9.97 Å². The Bertz CT molecular complexity index is 555. The molecule has 4 nitrogen and oxygen atoms in total. The monoisotopic (exact) mass is 210 g/mol. The van der Waals surface area contributed by atoms with Crippen LogP contribution in [0.25, 0.3) is 11.1 Å². The number of pyridine rings is 2. The molecule has 2 N–H and O–H groups in total. The van der Waals surface area contributed by atoms with Gasteiger partial charge in [0.15, 0.2) is 0 Å². The van der Waals surface area contributed by atoms with Gasteiger partial charge >= 0.3 is 0 Å². The number of nitrogens with zero attached hydrogens (tertiary/aromatic N) is 3. The zero-order chi connectivity index (χ0) is 11.5. The van der Waals surface area contributed by atoms with Crippen LogP contribution in [0, 0.1) is 18.3 Å². The lowest BCUT2D eigenvalue weighted by Gasteiger charge is -2.07. The topological polar surface area (TPSA) is 75.6 Å². The molecule has 4 heteroatoms. The van der Waals surface area contributed by atoms with Crippen molar-refractivity contribution in [3.63, 3.8) is 0 Å². The molecule has 0 fully saturated rings. The van der Waals surface area contributed by atoms with E-state index in [1.165, 1.54) is 0 Å². The fraction of sp³-hybridized carbons (Fsp3) is 0.0833. The molecule has 0 atom stereocenters. The summed E-state index contributed by atoms with van der Waals surface area (Å²) in [5, 5.41) is 9.06. The second-order valence-corrected chi connectivity index (χ2v) is 3.42. The molecule has 0 unspecified atom stereocenters. The van der Waals surface area contributed by atoms with Crippen molar-refractivity contribution in [1.82, 2.24) is 9.97 Å². The molecular formula is C12H10N4. The van der Waals surface area contributed by atoms with Crippen LogP contribution >= 0.6 is 0 Å². The van der Waals surface area contributed by atoms with Crippen molar-refractivity contribution < 1.29 is 0 Å². The quantitative estimate of drug-likeness (QED) is 0.780. The maximum atomic E-state index is 9.06. The molecule has 0 saturated heterocycles. The summed E-state index contributed by atoms with van der Waals surface area (Å²) in [4.78, 5) is 8.09. The van der Waals surface area contributed by atoms with Crippen molar-refractivity contribution in [2.24, 2.45) is 0 Å². The van der Waals surface area contributed by atoms with Crippen LogP contribution in [0.5, 0.6) is 0 Å². The van der Waals surface area contributed by atoms with Crippen LogP contribution < -0.4 is 5.73 Å². The van der Waals surface area contributed by atoms with Gasteiger partial charge in [-0.1, -0.05) is 6.07 Å². The summed E-state index contributed by atoms with van der Waals surface area (Å²) in [5.74, 6) is 0.265. The molecule has 2 aromatic heterocycles. The molecule has 0 aliphatic rings. The van der Waals surface area contributed by atoms with Crippen LogP contribution in [0.3, 0.4) is 0 Å². The van der Waals surface area contributed by atoms with E-state index in [0.29, 0.717) is 5.56 Å². The Hall–Kier alpha value is -2.41. The number of aryl methyl sites for hydroxylation is 1. The number of nitriles is 1. The van der Waals surface area contributed by atoms with Gasteiger partial charge in [-0.2, -0.15) is 5.26 Å². The highest BCUT2D eigenvalue weighted by Gasteiger charge is 2.10. The third kappa shape index (κ3) is 1.71. The number of aromatic nitrogens is 2. The molecule has 0 aromatic carbocycles. The maximum absolute atomic E-state index is 9.06. The van der Waals surface area contributed by atoms with Gasteiger partial charge in [0.2, 0.25) is 0 Å². The molecule has 78 valence electrons. The highest BCUT2D eigenvalue weighted by molar-refractivity contribution is 5.75. The van der Waals surface area contributed by atoms with E-state index in [1.807, 2.05) is 25.1 Å². The lowest BCUT2D eigenvalue weighted by molar-refractivity contribution is 1.20. The Labute approximate surface area is 93.4 Å². The van der Waals surface area contributed by atoms with Gasteiger partial charge in [-0.25, -0.2) is 4.98 Å². The third-order valence-corrected chi connectivity index (χ3v) is 2.26. The van der Waals surface area contributed by atoms with E-state index >= 15 is 0 Å². The molecule has 0 radical (unpaired) electrons. The molecule has 0 bridgehead atoms. The second kappa shape index (κ2) is 3.99. The van der Waals surface area contributed by atoms with E-state index < -0.39 is 0 Å². The Balaban J connectivity index is 2.70. The highest BCUT2D eigenvalue weighted by Crippen LogP contribution is 2.26. The molecule has 0 saturated carbocycles. The lowest BCUT2D eigenvalue weighted by Crippen LogP contribution is -1.99. The van der Waals surface area contributed by atoms with Gasteiger partial charge in [0.05, 0.1) is 0 Å². The zero-order valence-electron chi connectivity index (χ0n) is 8.81. The van der Waals surface area contributed by atoms with Gasteiger partial charge in [0, 0.05) is 29.2 Å². The van der Waals surface area contributed by atoms with E-state index in [9.17, 15) is 0 Å². The molecule has 0 aliphatic heterocycles. The lowest BCUT2D eigenvalue weighted by atomic mass is 10.0. The number of hydrogen-bond donors (Lipinski definition) is 1. The molecule has 0 amide bonds. The molecule has 2 heterocycles. The number of nitrogens with two attached hydrogens (primary N) is 1. The van der Waals surface area contributed by atoms with E-state index in [4.69, 9.17) is 11.0 Å². The van der Waals surface area contributed by atoms with E-state index in [-0.39, 0.29) is 5.82 Å². The Morgan fingerprint density at radius 1 is 1.44 bits per heavy atom. The van der Waals surface area contributed by atoms with Gasteiger partial charge in [0.1, 0.15) is 17.5 Å². The minimum Gasteiger partial charge on any atom is -0.383 e. The Morgan fingerprint density at radius 2 is 2.25 bits per heavy atom. The summed E-state index contributed by atoms with van der Waals surface area (Å²) in [5.41, 5.74) is 8.55. The zero-order valence-corrected chi connectivity index (χ0v) is 8.81. The highest BCUT2D eigenvalue weighted by atomic mass is 14.8. The summed E-state index contributed by atoms with van der Waals surface area (Å²) in [7, 11) is 0. The summed E-state index contributed by atoms with van der Waals surface area (Å²) in [6, 6.07) is 7.63.